The second kappa shape index (κ2) is 10.4. The quantitative estimate of drug-likeness (QED) is 0.831. The summed E-state index contributed by atoms with van der Waals surface area (Å²) < 4.78 is 16.2. The van der Waals surface area contributed by atoms with Crippen molar-refractivity contribution in [3.05, 3.63) is 29.8 Å². The maximum absolute atomic E-state index is 11.4. The molecule has 0 heterocycles. The summed E-state index contributed by atoms with van der Waals surface area (Å²) in [6.45, 7) is 5.59. The molecule has 108 valence electrons. The van der Waals surface area contributed by atoms with Crippen LogP contribution < -0.4 is 0 Å². The second-order valence-corrected chi connectivity index (χ2v) is 4.16. The van der Waals surface area contributed by atoms with Gasteiger partial charge in [-0.3, -0.25) is 4.79 Å². The fourth-order valence-electron chi connectivity index (χ4n) is 1.14. The van der Waals surface area contributed by atoms with Crippen molar-refractivity contribution in [3.63, 3.8) is 0 Å². The number of aryl methyl sites for hydroxylation is 1. The molecule has 1 aromatic rings. The first-order valence-electron chi connectivity index (χ1n) is 6.57. The highest BCUT2D eigenvalue weighted by molar-refractivity contribution is 5.69. The van der Waals surface area contributed by atoms with Crippen LogP contribution in [0, 0.1) is 0 Å². The Morgan fingerprint density at radius 1 is 1.32 bits per heavy atom. The standard InChI is InChI=1S/C11H14O3.C4H9F/c1-2-14-11(13)8-5-9-3-6-10(12)7-4-9;1-3-4(2)5/h3-4,6-7,12H,2,5,8H2,1H3;4H,3H2,1-2H3. The number of phenols is 1. The number of hydrogen-bond donors (Lipinski definition) is 1. The maximum Gasteiger partial charge on any atom is 0.306 e. The van der Waals surface area contributed by atoms with Gasteiger partial charge in [0, 0.05) is 6.42 Å². The molecule has 4 heteroatoms. The number of ether oxygens (including phenoxy) is 1. The zero-order chi connectivity index (χ0) is 14.7. The first-order valence-corrected chi connectivity index (χ1v) is 6.57. The van der Waals surface area contributed by atoms with Crippen molar-refractivity contribution in [3.8, 4) is 5.75 Å². The molecule has 0 radical (unpaired) electrons. The minimum atomic E-state index is -0.616. The van der Waals surface area contributed by atoms with Gasteiger partial charge in [0.2, 0.25) is 0 Å². The summed E-state index contributed by atoms with van der Waals surface area (Å²) in [5.41, 5.74) is 1.02. The maximum atomic E-state index is 11.4. The largest absolute Gasteiger partial charge is 0.508 e. The van der Waals surface area contributed by atoms with Crippen LogP contribution in [0.3, 0.4) is 0 Å². The van der Waals surface area contributed by atoms with E-state index in [0.29, 0.717) is 25.9 Å². The fourth-order valence-corrected chi connectivity index (χ4v) is 1.14. The molecule has 0 aliphatic heterocycles. The van der Waals surface area contributed by atoms with Gasteiger partial charge in [-0.05, 0) is 44.4 Å². The number of phenolic OH excluding ortho intramolecular Hbond substituents is 1. The number of benzene rings is 1. The first-order chi connectivity index (χ1) is 8.99. The molecule has 1 N–H and O–H groups in total. The van der Waals surface area contributed by atoms with Gasteiger partial charge in [-0.25, -0.2) is 4.39 Å². The summed E-state index contributed by atoms with van der Waals surface area (Å²) >= 11 is 0. The van der Waals surface area contributed by atoms with Gasteiger partial charge in [0.1, 0.15) is 5.75 Å². The number of esters is 1. The van der Waals surface area contributed by atoms with Crippen LogP contribution in [0.25, 0.3) is 0 Å². The number of carbonyl (C=O) groups excluding carboxylic acids is 1. The molecule has 0 aliphatic carbocycles. The molecule has 0 spiro atoms. The molecular formula is C15H23FO3. The third-order valence-corrected chi connectivity index (χ3v) is 2.42. The van der Waals surface area contributed by atoms with Gasteiger partial charge in [0.25, 0.3) is 0 Å². The second-order valence-electron chi connectivity index (χ2n) is 4.16. The Bertz CT molecular complexity index is 347. The molecule has 0 amide bonds. The molecule has 19 heavy (non-hydrogen) atoms. The van der Waals surface area contributed by atoms with E-state index >= 15 is 0 Å². The van der Waals surface area contributed by atoms with Crippen LogP contribution in [0.1, 0.15) is 39.2 Å². The summed E-state index contributed by atoms with van der Waals surface area (Å²) in [6, 6.07) is 6.82. The molecule has 1 atom stereocenters. The summed E-state index contributed by atoms with van der Waals surface area (Å²) in [6.07, 6.45) is 1.06. The Hall–Kier alpha value is -1.58. The molecule has 1 unspecified atom stereocenters. The summed E-state index contributed by atoms with van der Waals surface area (Å²) in [5, 5.41) is 9.03. The lowest BCUT2D eigenvalue weighted by atomic mass is 10.1. The Labute approximate surface area is 114 Å². The van der Waals surface area contributed by atoms with E-state index in [9.17, 15) is 9.18 Å². The van der Waals surface area contributed by atoms with Crippen molar-refractivity contribution in [2.75, 3.05) is 6.61 Å². The lowest BCUT2D eigenvalue weighted by molar-refractivity contribution is -0.143. The van der Waals surface area contributed by atoms with Crippen LogP contribution in [0.15, 0.2) is 24.3 Å². The van der Waals surface area contributed by atoms with Crippen LogP contribution >= 0.6 is 0 Å². The highest BCUT2D eigenvalue weighted by Gasteiger charge is 2.01. The lowest BCUT2D eigenvalue weighted by Gasteiger charge is -2.02. The average Bonchev–Trinajstić information content (AvgIpc) is 2.39. The molecule has 3 nitrogen and oxygen atoms in total. The number of aromatic hydroxyl groups is 1. The number of alkyl halides is 1. The normalized spacial score (nSPS) is 11.2. The molecule has 0 bridgehead atoms. The van der Waals surface area contributed by atoms with E-state index in [-0.39, 0.29) is 11.7 Å². The van der Waals surface area contributed by atoms with Crippen molar-refractivity contribution in [2.45, 2.75) is 46.2 Å². The van der Waals surface area contributed by atoms with Crippen molar-refractivity contribution in [1.29, 1.82) is 0 Å². The molecule has 0 saturated heterocycles. The van der Waals surface area contributed by atoms with Gasteiger partial charge in [-0.2, -0.15) is 0 Å². The Morgan fingerprint density at radius 3 is 2.26 bits per heavy atom. The Kier molecular flexibility index (Phi) is 9.49. The summed E-state index contributed by atoms with van der Waals surface area (Å²) in [5.74, 6) is 0.0606. The first kappa shape index (κ1) is 17.4. The van der Waals surface area contributed by atoms with Crippen molar-refractivity contribution in [2.24, 2.45) is 0 Å². The molecule has 0 aromatic heterocycles. The topological polar surface area (TPSA) is 46.5 Å². The van der Waals surface area contributed by atoms with Gasteiger partial charge in [0.15, 0.2) is 0 Å². The highest BCUT2D eigenvalue weighted by Crippen LogP contribution is 2.11. The lowest BCUT2D eigenvalue weighted by Crippen LogP contribution is -2.04. The monoisotopic (exact) mass is 270 g/mol. The number of halogens is 1. The van der Waals surface area contributed by atoms with E-state index in [2.05, 4.69) is 0 Å². The number of hydrogen-bond acceptors (Lipinski definition) is 3. The SMILES string of the molecule is CCC(C)F.CCOC(=O)CCc1ccc(O)cc1. The van der Waals surface area contributed by atoms with Crippen LogP contribution in [-0.4, -0.2) is 23.9 Å². The molecular weight excluding hydrogens is 247 g/mol. The fraction of sp³-hybridized carbons (Fsp3) is 0.533. The Morgan fingerprint density at radius 2 is 1.84 bits per heavy atom. The van der Waals surface area contributed by atoms with Gasteiger partial charge < -0.3 is 9.84 Å². The minimum absolute atomic E-state index is 0.180. The van der Waals surface area contributed by atoms with Crippen molar-refractivity contribution in [1.82, 2.24) is 0 Å². The molecule has 0 fully saturated rings. The van der Waals surface area contributed by atoms with Gasteiger partial charge >= 0.3 is 5.97 Å². The van der Waals surface area contributed by atoms with E-state index < -0.39 is 6.17 Å². The van der Waals surface area contributed by atoms with Gasteiger partial charge in [-0.1, -0.05) is 19.1 Å². The number of carbonyl (C=O) groups is 1. The summed E-state index contributed by atoms with van der Waals surface area (Å²) in [4.78, 5) is 11.0. The van der Waals surface area contributed by atoms with E-state index in [4.69, 9.17) is 9.84 Å². The third kappa shape index (κ3) is 10.1. The van der Waals surface area contributed by atoms with E-state index in [1.165, 1.54) is 0 Å². The predicted octanol–water partition coefficient (Wildman–Crippen LogP) is 3.64. The zero-order valence-corrected chi connectivity index (χ0v) is 11.9. The Balaban J connectivity index is 0.000000555. The van der Waals surface area contributed by atoms with Gasteiger partial charge in [-0.15, -0.1) is 0 Å². The minimum Gasteiger partial charge on any atom is -0.508 e. The van der Waals surface area contributed by atoms with Crippen LogP contribution in [0.5, 0.6) is 5.75 Å². The molecule has 1 aromatic carbocycles. The summed E-state index contributed by atoms with van der Waals surface area (Å²) in [7, 11) is 0. The average molecular weight is 270 g/mol. The molecule has 0 saturated carbocycles. The van der Waals surface area contributed by atoms with E-state index in [1.54, 1.807) is 38.1 Å². The molecule has 1 rings (SSSR count). The third-order valence-electron chi connectivity index (χ3n) is 2.42. The van der Waals surface area contributed by atoms with Gasteiger partial charge in [0.05, 0.1) is 12.8 Å². The highest BCUT2D eigenvalue weighted by atomic mass is 19.1. The predicted molar refractivity (Wildman–Crippen MR) is 73.9 cm³/mol. The van der Waals surface area contributed by atoms with E-state index in [1.807, 2.05) is 6.92 Å². The van der Waals surface area contributed by atoms with Crippen LogP contribution in [0.4, 0.5) is 4.39 Å². The smallest absolute Gasteiger partial charge is 0.306 e. The molecule has 0 aliphatic rings. The van der Waals surface area contributed by atoms with Crippen molar-refractivity contribution < 1.29 is 19.0 Å². The number of rotatable bonds is 5. The van der Waals surface area contributed by atoms with E-state index in [0.717, 1.165) is 5.56 Å². The van der Waals surface area contributed by atoms with Crippen LogP contribution in [0.2, 0.25) is 0 Å². The van der Waals surface area contributed by atoms with Crippen molar-refractivity contribution >= 4 is 5.97 Å². The van der Waals surface area contributed by atoms with Crippen LogP contribution in [-0.2, 0) is 16.0 Å². The zero-order valence-electron chi connectivity index (χ0n) is 11.9.